The monoisotopic (exact) mass is 165 g/mol. The average molecular weight is 165 g/mol. The second kappa shape index (κ2) is 2.25. The quantitative estimate of drug-likeness (QED) is 0.531. The molecule has 1 aliphatic carbocycles. The Morgan fingerprint density at radius 2 is 1.83 bits per heavy atom. The molecular weight excluding hydrogens is 146 g/mol. The van der Waals surface area contributed by atoms with Gasteiger partial charge in [-0.1, -0.05) is 6.92 Å². The Kier molecular flexibility index (Phi) is 1.39. The van der Waals surface area contributed by atoms with Crippen molar-refractivity contribution in [3.05, 3.63) is 0 Å². The fourth-order valence-electron chi connectivity index (χ4n) is 4.24. The van der Waals surface area contributed by atoms with E-state index in [1.165, 1.54) is 25.8 Å². The number of piperidine rings is 1. The van der Waals surface area contributed by atoms with Gasteiger partial charge in [-0.25, -0.2) is 0 Å². The van der Waals surface area contributed by atoms with Crippen LogP contribution in [0.2, 0.25) is 0 Å². The fourth-order valence-corrected chi connectivity index (χ4v) is 4.24. The number of hydrogen-bond acceptors (Lipinski definition) is 1. The molecule has 1 heteroatoms. The van der Waals surface area contributed by atoms with Gasteiger partial charge in [0, 0.05) is 12.1 Å². The van der Waals surface area contributed by atoms with Crippen molar-refractivity contribution in [3.8, 4) is 0 Å². The average Bonchev–Trinajstić information content (AvgIpc) is 2.66. The Morgan fingerprint density at radius 3 is 2.58 bits per heavy atom. The predicted molar refractivity (Wildman–Crippen MR) is 50.0 cm³/mol. The van der Waals surface area contributed by atoms with Crippen LogP contribution in [0.4, 0.5) is 0 Å². The number of nitrogens with zero attached hydrogens (tertiary/aromatic N) is 1. The van der Waals surface area contributed by atoms with Crippen LogP contribution in [0.15, 0.2) is 0 Å². The summed E-state index contributed by atoms with van der Waals surface area (Å²) in [6.45, 7) is 6.30. The number of rotatable bonds is 0. The van der Waals surface area contributed by atoms with Crippen LogP contribution in [0, 0.1) is 17.8 Å². The number of hydrogen-bond donors (Lipinski definition) is 0. The van der Waals surface area contributed by atoms with Crippen LogP contribution >= 0.6 is 0 Å². The van der Waals surface area contributed by atoms with Gasteiger partial charge in [-0.15, -0.1) is 0 Å². The molecule has 6 unspecified atom stereocenters. The van der Waals surface area contributed by atoms with Gasteiger partial charge in [-0.2, -0.15) is 0 Å². The van der Waals surface area contributed by atoms with Crippen LogP contribution in [0.3, 0.4) is 0 Å². The molecule has 2 bridgehead atoms. The van der Waals surface area contributed by atoms with E-state index in [4.69, 9.17) is 0 Å². The molecule has 2 saturated heterocycles. The lowest BCUT2D eigenvalue weighted by Gasteiger charge is -2.30. The van der Waals surface area contributed by atoms with Crippen LogP contribution in [-0.2, 0) is 0 Å². The highest BCUT2D eigenvalue weighted by atomic mass is 15.3. The van der Waals surface area contributed by atoms with Gasteiger partial charge in [0.2, 0.25) is 0 Å². The fraction of sp³-hybridized carbons (Fsp3) is 1.00. The zero-order valence-electron chi connectivity index (χ0n) is 8.16. The van der Waals surface area contributed by atoms with Gasteiger partial charge in [-0.05, 0) is 50.5 Å². The first-order valence-corrected chi connectivity index (χ1v) is 5.55. The van der Waals surface area contributed by atoms with Crippen molar-refractivity contribution in [2.75, 3.05) is 6.54 Å². The first kappa shape index (κ1) is 7.37. The summed E-state index contributed by atoms with van der Waals surface area (Å²) in [6.07, 6.45) is 4.52. The van der Waals surface area contributed by atoms with Crippen molar-refractivity contribution in [2.45, 2.75) is 45.2 Å². The van der Waals surface area contributed by atoms with Crippen molar-refractivity contribution in [3.63, 3.8) is 0 Å². The highest BCUT2D eigenvalue weighted by Gasteiger charge is 2.54. The summed E-state index contributed by atoms with van der Waals surface area (Å²) in [5, 5.41) is 0. The molecule has 1 saturated carbocycles. The summed E-state index contributed by atoms with van der Waals surface area (Å²) in [5.74, 6) is 3.14. The zero-order chi connectivity index (χ0) is 8.29. The normalized spacial score (nSPS) is 62.5. The molecule has 0 amide bonds. The molecule has 3 fully saturated rings. The smallest absolute Gasteiger partial charge is 0.0155 e. The highest BCUT2D eigenvalue weighted by Crippen LogP contribution is 2.52. The molecule has 6 atom stereocenters. The van der Waals surface area contributed by atoms with E-state index in [2.05, 4.69) is 18.7 Å². The van der Waals surface area contributed by atoms with Crippen molar-refractivity contribution >= 4 is 0 Å². The van der Waals surface area contributed by atoms with E-state index in [0.29, 0.717) is 0 Å². The first-order chi connectivity index (χ1) is 5.79. The second-order valence-corrected chi connectivity index (χ2v) is 5.14. The van der Waals surface area contributed by atoms with E-state index in [1.54, 1.807) is 0 Å². The number of fused-ring (bicyclic) bond motifs is 5. The van der Waals surface area contributed by atoms with E-state index in [1.807, 2.05) is 0 Å². The topological polar surface area (TPSA) is 3.24 Å². The molecule has 0 aromatic rings. The van der Waals surface area contributed by atoms with Gasteiger partial charge in [0.05, 0.1) is 0 Å². The van der Waals surface area contributed by atoms with E-state index in [-0.39, 0.29) is 0 Å². The molecule has 3 rings (SSSR count). The van der Waals surface area contributed by atoms with Gasteiger partial charge in [0.15, 0.2) is 0 Å². The lowest BCUT2D eigenvalue weighted by atomic mass is 9.85. The SMILES string of the molecule is CC1CCC2C3CCN(C3C)C12. The van der Waals surface area contributed by atoms with Gasteiger partial charge in [0.1, 0.15) is 0 Å². The van der Waals surface area contributed by atoms with E-state index in [0.717, 1.165) is 29.8 Å². The van der Waals surface area contributed by atoms with Gasteiger partial charge in [-0.3, -0.25) is 4.90 Å². The molecule has 0 aromatic heterocycles. The van der Waals surface area contributed by atoms with Crippen molar-refractivity contribution < 1.29 is 0 Å². The highest BCUT2D eigenvalue weighted by molar-refractivity contribution is 5.07. The van der Waals surface area contributed by atoms with Crippen LogP contribution in [0.25, 0.3) is 0 Å². The Labute approximate surface area is 75.1 Å². The Hall–Kier alpha value is -0.0400. The maximum absolute atomic E-state index is 2.80. The summed E-state index contributed by atoms with van der Waals surface area (Å²) >= 11 is 0. The second-order valence-electron chi connectivity index (χ2n) is 5.14. The Morgan fingerprint density at radius 1 is 1.00 bits per heavy atom. The van der Waals surface area contributed by atoms with Crippen molar-refractivity contribution in [1.29, 1.82) is 0 Å². The maximum Gasteiger partial charge on any atom is 0.0155 e. The zero-order valence-corrected chi connectivity index (χ0v) is 8.16. The first-order valence-electron chi connectivity index (χ1n) is 5.55. The van der Waals surface area contributed by atoms with E-state index in [9.17, 15) is 0 Å². The summed E-state index contributed by atoms with van der Waals surface area (Å²) in [7, 11) is 0. The molecule has 68 valence electrons. The molecule has 0 aromatic carbocycles. The summed E-state index contributed by atoms with van der Waals surface area (Å²) < 4.78 is 0. The molecule has 0 N–H and O–H groups in total. The molecule has 2 aliphatic heterocycles. The van der Waals surface area contributed by atoms with Gasteiger partial charge in [0.25, 0.3) is 0 Å². The molecule has 0 spiro atoms. The van der Waals surface area contributed by atoms with Crippen molar-refractivity contribution in [2.24, 2.45) is 17.8 Å². The van der Waals surface area contributed by atoms with Crippen molar-refractivity contribution in [1.82, 2.24) is 4.90 Å². The molecule has 2 heterocycles. The summed E-state index contributed by atoms with van der Waals surface area (Å²) in [6, 6.07) is 1.90. The van der Waals surface area contributed by atoms with Gasteiger partial charge < -0.3 is 0 Å². The third kappa shape index (κ3) is 0.693. The third-order valence-electron chi connectivity index (χ3n) is 4.77. The van der Waals surface area contributed by atoms with Crippen LogP contribution in [0.5, 0.6) is 0 Å². The summed E-state index contributed by atoms with van der Waals surface area (Å²) in [4.78, 5) is 2.80. The standard InChI is InChI=1S/C11H19N/c1-7-3-4-10-9-5-6-12(8(9)2)11(7)10/h7-11H,3-6H2,1-2H3. The van der Waals surface area contributed by atoms with Crippen LogP contribution in [0.1, 0.15) is 33.1 Å². The van der Waals surface area contributed by atoms with Crippen LogP contribution < -0.4 is 0 Å². The van der Waals surface area contributed by atoms with Crippen LogP contribution in [-0.4, -0.2) is 23.5 Å². The molecule has 1 nitrogen and oxygen atoms in total. The molecule has 12 heavy (non-hydrogen) atoms. The van der Waals surface area contributed by atoms with Gasteiger partial charge >= 0.3 is 0 Å². The predicted octanol–water partition coefficient (Wildman–Crippen LogP) is 2.13. The summed E-state index contributed by atoms with van der Waals surface area (Å²) in [5.41, 5.74) is 0. The minimum Gasteiger partial charge on any atom is -0.297 e. The molecule has 0 radical (unpaired) electrons. The van der Waals surface area contributed by atoms with E-state index >= 15 is 0 Å². The largest absolute Gasteiger partial charge is 0.297 e. The minimum absolute atomic E-state index is 0.919. The Bertz CT molecular complexity index is 199. The Balaban J connectivity index is 1.93. The lowest BCUT2D eigenvalue weighted by molar-refractivity contribution is 0.173. The molecular formula is C11H19N. The maximum atomic E-state index is 2.80. The molecule has 3 aliphatic rings. The minimum atomic E-state index is 0.919. The third-order valence-corrected chi connectivity index (χ3v) is 4.77. The lowest BCUT2D eigenvalue weighted by Crippen LogP contribution is -2.37. The van der Waals surface area contributed by atoms with E-state index < -0.39 is 0 Å².